The van der Waals surface area contributed by atoms with E-state index in [9.17, 15) is 4.79 Å². The number of carbonyl (C=O) groups excluding carboxylic acids is 1. The van der Waals surface area contributed by atoms with Gasteiger partial charge in [0.15, 0.2) is 0 Å². The Morgan fingerprint density at radius 2 is 1.52 bits per heavy atom. The van der Waals surface area contributed by atoms with Crippen LogP contribution in [0.5, 0.6) is 11.6 Å². The first-order valence-corrected chi connectivity index (χ1v) is 11.2. The molecule has 0 aliphatic carbocycles. The van der Waals surface area contributed by atoms with E-state index >= 15 is 0 Å². The molecule has 174 valence electrons. The topological polar surface area (TPSA) is 74.2 Å². The molecule has 2 aromatic heterocycles. The van der Waals surface area contributed by atoms with E-state index in [1.54, 1.807) is 18.5 Å². The van der Waals surface area contributed by atoms with Gasteiger partial charge in [0.2, 0.25) is 5.88 Å². The molecule has 0 saturated carbocycles. The number of ether oxygens (including phenoxy) is 2. The van der Waals surface area contributed by atoms with Crippen molar-refractivity contribution in [2.24, 2.45) is 5.41 Å². The molecule has 3 rings (SSSR count). The minimum atomic E-state index is -0.545. The van der Waals surface area contributed by atoms with Gasteiger partial charge in [-0.3, -0.25) is 4.79 Å². The van der Waals surface area contributed by atoms with E-state index in [0.717, 1.165) is 11.4 Å². The zero-order valence-electron chi connectivity index (χ0n) is 20.5. The molecule has 0 N–H and O–H groups in total. The Balaban J connectivity index is 1.78. The fourth-order valence-corrected chi connectivity index (χ4v) is 3.49. The average molecular weight is 448 g/mol. The van der Waals surface area contributed by atoms with Gasteiger partial charge >= 0.3 is 5.97 Å². The lowest BCUT2D eigenvalue weighted by molar-refractivity contribution is -0.153. The first-order valence-electron chi connectivity index (χ1n) is 11.2. The highest BCUT2D eigenvalue weighted by molar-refractivity contribution is 5.79. The highest BCUT2D eigenvalue weighted by atomic mass is 16.5. The lowest BCUT2D eigenvalue weighted by Gasteiger charge is -2.30. The molecule has 0 amide bonds. The summed E-state index contributed by atoms with van der Waals surface area (Å²) in [6, 6.07) is 14.9. The summed E-state index contributed by atoms with van der Waals surface area (Å²) in [7, 11) is 0. The molecule has 0 fully saturated rings. The highest BCUT2D eigenvalue weighted by Crippen LogP contribution is 2.37. The van der Waals surface area contributed by atoms with Crippen molar-refractivity contribution in [2.45, 2.75) is 65.9 Å². The molecule has 2 unspecified atom stereocenters. The second-order valence-electron chi connectivity index (χ2n) is 10.3. The average Bonchev–Trinajstić information content (AvgIpc) is 2.73. The monoisotopic (exact) mass is 447 g/mol. The summed E-state index contributed by atoms with van der Waals surface area (Å²) in [4.78, 5) is 26.8. The van der Waals surface area contributed by atoms with Crippen LogP contribution in [0.1, 0.15) is 77.6 Å². The van der Waals surface area contributed by atoms with Crippen LogP contribution in [-0.2, 0) is 14.9 Å². The Labute approximate surface area is 196 Å². The molecule has 33 heavy (non-hydrogen) atoms. The Morgan fingerprint density at radius 1 is 0.879 bits per heavy atom. The van der Waals surface area contributed by atoms with Gasteiger partial charge in [-0.05, 0) is 30.5 Å². The molecule has 6 heteroatoms. The van der Waals surface area contributed by atoms with Crippen LogP contribution in [0.4, 0.5) is 0 Å². The lowest BCUT2D eigenvalue weighted by Crippen LogP contribution is -2.29. The van der Waals surface area contributed by atoms with Crippen molar-refractivity contribution in [3.63, 3.8) is 0 Å². The summed E-state index contributed by atoms with van der Waals surface area (Å²) < 4.78 is 11.7. The number of hydrogen-bond acceptors (Lipinski definition) is 6. The third-order valence-corrected chi connectivity index (χ3v) is 5.20. The Morgan fingerprint density at radius 3 is 2.09 bits per heavy atom. The van der Waals surface area contributed by atoms with E-state index < -0.39 is 12.0 Å². The molecule has 0 saturated heterocycles. The quantitative estimate of drug-likeness (QED) is 0.407. The lowest BCUT2D eigenvalue weighted by atomic mass is 9.77. The number of rotatable bonds is 6. The molecule has 1 aromatic carbocycles. The number of esters is 1. The number of para-hydroxylation sites is 1. The number of hydrogen-bond donors (Lipinski definition) is 0. The van der Waals surface area contributed by atoms with Gasteiger partial charge in [0.25, 0.3) is 0 Å². The summed E-state index contributed by atoms with van der Waals surface area (Å²) >= 11 is 0. The Kier molecular flexibility index (Phi) is 7.15. The summed E-state index contributed by atoms with van der Waals surface area (Å²) in [5.74, 6) is 1.02. The zero-order chi connectivity index (χ0) is 24.2. The molecule has 0 aliphatic heterocycles. The molecule has 0 spiro atoms. The first kappa shape index (κ1) is 24.4. The highest BCUT2D eigenvalue weighted by Gasteiger charge is 2.36. The summed E-state index contributed by atoms with van der Waals surface area (Å²) in [6.07, 6.45) is 2.93. The van der Waals surface area contributed by atoms with Crippen molar-refractivity contribution >= 4 is 5.97 Å². The Hall–Kier alpha value is -3.28. The van der Waals surface area contributed by atoms with E-state index in [1.807, 2.05) is 70.2 Å². The van der Waals surface area contributed by atoms with E-state index in [-0.39, 0.29) is 16.8 Å². The normalized spacial score (nSPS) is 13.8. The maximum Gasteiger partial charge on any atom is 0.314 e. The summed E-state index contributed by atoms with van der Waals surface area (Å²) in [5, 5.41) is 0. The smallest absolute Gasteiger partial charge is 0.314 e. The van der Waals surface area contributed by atoms with Crippen LogP contribution < -0.4 is 4.74 Å². The van der Waals surface area contributed by atoms with Gasteiger partial charge in [-0.25, -0.2) is 15.0 Å². The zero-order valence-corrected chi connectivity index (χ0v) is 20.5. The Bertz CT molecular complexity index is 1070. The molecule has 0 aliphatic rings. The fourth-order valence-electron chi connectivity index (χ4n) is 3.49. The molecule has 0 radical (unpaired) electrons. The van der Waals surface area contributed by atoms with E-state index in [2.05, 4.69) is 35.7 Å². The van der Waals surface area contributed by atoms with Gasteiger partial charge in [-0.2, -0.15) is 0 Å². The van der Waals surface area contributed by atoms with Gasteiger partial charge in [-0.1, -0.05) is 65.8 Å². The van der Waals surface area contributed by atoms with Crippen LogP contribution in [0.25, 0.3) is 0 Å². The summed E-state index contributed by atoms with van der Waals surface area (Å²) in [5.41, 5.74) is 0.809. The fraction of sp³-hybridized carbons (Fsp3) is 0.407. The summed E-state index contributed by atoms with van der Waals surface area (Å²) in [6.45, 7) is 14.0. The van der Waals surface area contributed by atoms with Crippen molar-refractivity contribution in [2.75, 3.05) is 0 Å². The standard InChI is InChI=1S/C27H33N3O3/c1-18(21-14-11-15-22(30-21)33-20-12-9-8-10-13-20)32-24(31)23(26(2,3)4)19-16-28-25(29-17-19)27(5,6)7/h8-18,23H,1-7H3. The maximum atomic E-state index is 13.3. The van der Waals surface area contributed by atoms with Crippen molar-refractivity contribution in [3.8, 4) is 11.6 Å². The van der Waals surface area contributed by atoms with Crippen LogP contribution in [-0.4, -0.2) is 20.9 Å². The largest absolute Gasteiger partial charge is 0.456 e. The third kappa shape index (κ3) is 6.37. The number of benzene rings is 1. The van der Waals surface area contributed by atoms with Crippen molar-refractivity contribution in [3.05, 3.63) is 78.0 Å². The minimum absolute atomic E-state index is 0.163. The van der Waals surface area contributed by atoms with Crippen LogP contribution in [0.2, 0.25) is 0 Å². The number of nitrogens with zero attached hydrogens (tertiary/aromatic N) is 3. The van der Waals surface area contributed by atoms with Crippen molar-refractivity contribution in [1.29, 1.82) is 0 Å². The number of carbonyl (C=O) groups is 1. The predicted molar refractivity (Wildman–Crippen MR) is 128 cm³/mol. The van der Waals surface area contributed by atoms with E-state index in [0.29, 0.717) is 17.3 Å². The minimum Gasteiger partial charge on any atom is -0.456 e. The van der Waals surface area contributed by atoms with Gasteiger partial charge in [0, 0.05) is 29.4 Å². The van der Waals surface area contributed by atoms with Gasteiger partial charge < -0.3 is 9.47 Å². The molecule has 2 atom stereocenters. The molecule has 2 heterocycles. The van der Waals surface area contributed by atoms with Crippen LogP contribution in [0.3, 0.4) is 0 Å². The van der Waals surface area contributed by atoms with Crippen LogP contribution in [0, 0.1) is 5.41 Å². The second-order valence-corrected chi connectivity index (χ2v) is 10.3. The number of pyridine rings is 1. The third-order valence-electron chi connectivity index (χ3n) is 5.20. The van der Waals surface area contributed by atoms with E-state index in [1.165, 1.54) is 0 Å². The van der Waals surface area contributed by atoms with E-state index in [4.69, 9.17) is 9.47 Å². The molecular formula is C27H33N3O3. The SMILES string of the molecule is CC(OC(=O)C(c1cnc(C(C)(C)C)nc1)C(C)(C)C)c1cccc(Oc2ccccc2)n1. The van der Waals surface area contributed by atoms with Crippen LogP contribution >= 0.6 is 0 Å². The van der Waals surface area contributed by atoms with Gasteiger partial charge in [0.05, 0.1) is 11.6 Å². The predicted octanol–water partition coefficient (Wildman–Crippen LogP) is 6.40. The second kappa shape index (κ2) is 9.69. The van der Waals surface area contributed by atoms with Crippen molar-refractivity contribution < 1.29 is 14.3 Å². The van der Waals surface area contributed by atoms with Crippen molar-refractivity contribution in [1.82, 2.24) is 15.0 Å². The van der Waals surface area contributed by atoms with Gasteiger partial charge in [-0.15, -0.1) is 0 Å². The molecular weight excluding hydrogens is 414 g/mol. The molecule has 0 bridgehead atoms. The number of aromatic nitrogens is 3. The maximum absolute atomic E-state index is 13.3. The van der Waals surface area contributed by atoms with Crippen LogP contribution in [0.15, 0.2) is 60.9 Å². The van der Waals surface area contributed by atoms with Gasteiger partial charge in [0.1, 0.15) is 17.7 Å². The first-order chi connectivity index (χ1) is 15.4. The molecule has 3 aromatic rings. The molecule has 6 nitrogen and oxygen atoms in total.